The van der Waals surface area contributed by atoms with Gasteiger partial charge in [-0.1, -0.05) is 19.9 Å². The quantitative estimate of drug-likeness (QED) is 0.926. The third kappa shape index (κ3) is 2.22. The summed E-state index contributed by atoms with van der Waals surface area (Å²) in [5.74, 6) is 1.32. The van der Waals surface area contributed by atoms with Crippen LogP contribution in [-0.2, 0) is 6.54 Å². The Morgan fingerprint density at radius 3 is 3.05 bits per heavy atom. The second-order valence-corrected chi connectivity index (χ2v) is 5.78. The van der Waals surface area contributed by atoms with Gasteiger partial charge in [0.15, 0.2) is 5.82 Å². The van der Waals surface area contributed by atoms with Crippen molar-refractivity contribution in [2.75, 3.05) is 6.54 Å². The number of hydrogen-bond donors (Lipinski definition) is 1. The van der Waals surface area contributed by atoms with Crippen molar-refractivity contribution in [2.24, 2.45) is 5.92 Å². The maximum atomic E-state index is 14.0. The molecule has 1 aliphatic heterocycles. The molecule has 20 heavy (non-hydrogen) atoms. The van der Waals surface area contributed by atoms with E-state index < -0.39 is 0 Å². The minimum absolute atomic E-state index is 0.220. The number of para-hydroxylation sites is 1. The first-order valence-electron chi connectivity index (χ1n) is 7.60. The standard InChI is InChI=1S/C16H22FN3/c1-3-10-20-13-8-4-7-12(17)15(13)19-16(20)14-11(2)6-5-9-18-14/h4,7-8,11,14,18H,3,5-6,9-10H2,1-2H3. The van der Waals surface area contributed by atoms with Gasteiger partial charge in [-0.25, -0.2) is 9.37 Å². The second kappa shape index (κ2) is 5.52. The molecule has 4 heteroatoms. The minimum Gasteiger partial charge on any atom is -0.327 e. The minimum atomic E-state index is -0.220. The summed E-state index contributed by atoms with van der Waals surface area (Å²) in [7, 11) is 0. The molecular formula is C16H22FN3. The van der Waals surface area contributed by atoms with Gasteiger partial charge in [0.05, 0.1) is 11.6 Å². The average molecular weight is 275 g/mol. The smallest absolute Gasteiger partial charge is 0.151 e. The van der Waals surface area contributed by atoms with Crippen molar-refractivity contribution >= 4 is 11.0 Å². The van der Waals surface area contributed by atoms with E-state index in [0.717, 1.165) is 30.9 Å². The molecule has 1 aromatic heterocycles. The fraction of sp³-hybridized carbons (Fsp3) is 0.562. The van der Waals surface area contributed by atoms with Crippen LogP contribution in [0.1, 0.15) is 45.0 Å². The summed E-state index contributed by atoms with van der Waals surface area (Å²) < 4.78 is 16.2. The molecule has 0 amide bonds. The van der Waals surface area contributed by atoms with E-state index in [9.17, 15) is 4.39 Å². The lowest BCUT2D eigenvalue weighted by atomic mass is 9.92. The molecule has 2 aromatic rings. The molecular weight excluding hydrogens is 253 g/mol. The Morgan fingerprint density at radius 2 is 2.30 bits per heavy atom. The number of aryl methyl sites for hydroxylation is 1. The maximum absolute atomic E-state index is 14.0. The van der Waals surface area contributed by atoms with Gasteiger partial charge in [-0.3, -0.25) is 0 Å². The molecule has 1 aromatic carbocycles. The van der Waals surface area contributed by atoms with Crippen molar-refractivity contribution in [3.63, 3.8) is 0 Å². The van der Waals surface area contributed by atoms with E-state index in [1.54, 1.807) is 6.07 Å². The third-order valence-corrected chi connectivity index (χ3v) is 4.25. The summed E-state index contributed by atoms with van der Waals surface area (Å²) in [6.45, 7) is 6.31. The Hall–Kier alpha value is -1.42. The molecule has 0 spiro atoms. The largest absolute Gasteiger partial charge is 0.327 e. The third-order valence-electron chi connectivity index (χ3n) is 4.25. The molecule has 1 saturated heterocycles. The number of hydrogen-bond acceptors (Lipinski definition) is 2. The van der Waals surface area contributed by atoms with Crippen molar-refractivity contribution in [3.05, 3.63) is 29.8 Å². The fourth-order valence-corrected chi connectivity index (χ4v) is 3.22. The van der Waals surface area contributed by atoms with Crippen LogP contribution in [0.2, 0.25) is 0 Å². The van der Waals surface area contributed by atoms with Gasteiger partial charge >= 0.3 is 0 Å². The number of benzene rings is 1. The van der Waals surface area contributed by atoms with Crippen LogP contribution < -0.4 is 5.32 Å². The molecule has 1 aliphatic rings. The topological polar surface area (TPSA) is 29.9 Å². The molecule has 2 atom stereocenters. The molecule has 3 rings (SSSR count). The molecule has 1 N–H and O–H groups in total. The Morgan fingerprint density at radius 1 is 1.45 bits per heavy atom. The van der Waals surface area contributed by atoms with Gasteiger partial charge in [-0.05, 0) is 43.9 Å². The lowest BCUT2D eigenvalue weighted by Gasteiger charge is -2.30. The van der Waals surface area contributed by atoms with Crippen molar-refractivity contribution in [3.8, 4) is 0 Å². The number of fused-ring (bicyclic) bond motifs is 1. The maximum Gasteiger partial charge on any atom is 0.151 e. The number of rotatable bonds is 3. The first-order chi connectivity index (χ1) is 9.72. The van der Waals surface area contributed by atoms with E-state index >= 15 is 0 Å². The van der Waals surface area contributed by atoms with Gasteiger partial charge < -0.3 is 9.88 Å². The fourth-order valence-electron chi connectivity index (χ4n) is 3.22. The highest BCUT2D eigenvalue weighted by atomic mass is 19.1. The van der Waals surface area contributed by atoms with E-state index in [1.807, 2.05) is 6.07 Å². The number of nitrogens with zero attached hydrogens (tertiary/aromatic N) is 2. The van der Waals surface area contributed by atoms with Crippen LogP contribution in [0.4, 0.5) is 4.39 Å². The Labute approximate surface area is 119 Å². The first kappa shape index (κ1) is 13.6. The lowest BCUT2D eigenvalue weighted by Crippen LogP contribution is -2.34. The predicted molar refractivity (Wildman–Crippen MR) is 79.1 cm³/mol. The predicted octanol–water partition coefficient (Wildman–Crippen LogP) is 3.65. The molecule has 2 heterocycles. The second-order valence-electron chi connectivity index (χ2n) is 5.78. The van der Waals surface area contributed by atoms with Crippen molar-refractivity contribution in [2.45, 2.75) is 45.7 Å². The Balaban J connectivity index is 2.13. The average Bonchev–Trinajstić information content (AvgIpc) is 2.80. The van der Waals surface area contributed by atoms with E-state index in [0.29, 0.717) is 11.4 Å². The van der Waals surface area contributed by atoms with E-state index in [4.69, 9.17) is 0 Å². The van der Waals surface area contributed by atoms with Crippen molar-refractivity contribution in [1.82, 2.24) is 14.9 Å². The van der Waals surface area contributed by atoms with E-state index in [2.05, 4.69) is 28.7 Å². The molecule has 0 bridgehead atoms. The van der Waals surface area contributed by atoms with E-state index in [1.165, 1.54) is 18.9 Å². The number of halogens is 1. The lowest BCUT2D eigenvalue weighted by molar-refractivity contribution is 0.288. The van der Waals surface area contributed by atoms with Crippen molar-refractivity contribution < 1.29 is 4.39 Å². The number of nitrogens with one attached hydrogen (secondary N) is 1. The zero-order valence-electron chi connectivity index (χ0n) is 12.2. The van der Waals surface area contributed by atoms with Crippen LogP contribution in [-0.4, -0.2) is 16.1 Å². The summed E-state index contributed by atoms with van der Waals surface area (Å²) in [6, 6.07) is 5.47. The zero-order valence-corrected chi connectivity index (χ0v) is 12.2. The summed E-state index contributed by atoms with van der Waals surface area (Å²) in [5.41, 5.74) is 1.43. The summed E-state index contributed by atoms with van der Waals surface area (Å²) in [5, 5.41) is 3.56. The molecule has 1 fully saturated rings. The molecule has 108 valence electrons. The van der Waals surface area contributed by atoms with Crippen LogP contribution in [0, 0.1) is 11.7 Å². The van der Waals surface area contributed by atoms with Crippen LogP contribution in [0.5, 0.6) is 0 Å². The highest BCUT2D eigenvalue weighted by molar-refractivity contribution is 5.76. The molecule has 3 nitrogen and oxygen atoms in total. The number of imidazole rings is 1. The van der Waals surface area contributed by atoms with Crippen LogP contribution in [0.25, 0.3) is 11.0 Å². The molecule has 0 radical (unpaired) electrons. The van der Waals surface area contributed by atoms with Crippen LogP contribution in [0.3, 0.4) is 0 Å². The molecule has 0 aliphatic carbocycles. The first-order valence-corrected chi connectivity index (χ1v) is 7.60. The Bertz CT molecular complexity index is 605. The van der Waals surface area contributed by atoms with Gasteiger partial charge in [-0.2, -0.15) is 0 Å². The highest BCUT2D eigenvalue weighted by Gasteiger charge is 2.27. The van der Waals surface area contributed by atoms with Gasteiger partial charge in [-0.15, -0.1) is 0 Å². The molecule has 0 saturated carbocycles. The molecule has 2 unspecified atom stereocenters. The van der Waals surface area contributed by atoms with Gasteiger partial charge in [0.1, 0.15) is 11.3 Å². The van der Waals surface area contributed by atoms with E-state index in [-0.39, 0.29) is 11.9 Å². The Kier molecular flexibility index (Phi) is 3.74. The monoisotopic (exact) mass is 275 g/mol. The SMILES string of the molecule is CCCn1c(C2NCCCC2C)nc2c(F)cccc21. The number of aromatic nitrogens is 2. The van der Waals surface area contributed by atoms with Gasteiger partial charge in [0, 0.05) is 6.54 Å². The van der Waals surface area contributed by atoms with Crippen LogP contribution in [0.15, 0.2) is 18.2 Å². The summed E-state index contributed by atoms with van der Waals surface area (Å²) >= 11 is 0. The normalized spacial score (nSPS) is 23.4. The highest BCUT2D eigenvalue weighted by Crippen LogP contribution is 2.31. The summed E-state index contributed by atoms with van der Waals surface area (Å²) in [4.78, 5) is 4.63. The van der Waals surface area contributed by atoms with Gasteiger partial charge in [0.25, 0.3) is 0 Å². The summed E-state index contributed by atoms with van der Waals surface area (Å²) in [6.07, 6.45) is 3.44. The number of piperidine rings is 1. The van der Waals surface area contributed by atoms with Crippen LogP contribution >= 0.6 is 0 Å². The van der Waals surface area contributed by atoms with Gasteiger partial charge in [0.2, 0.25) is 0 Å². The zero-order chi connectivity index (χ0) is 14.1. The van der Waals surface area contributed by atoms with Crippen molar-refractivity contribution in [1.29, 1.82) is 0 Å².